The number of rotatable bonds is 9. The van der Waals surface area contributed by atoms with Crippen molar-refractivity contribution in [3.05, 3.63) is 109 Å². The molecule has 0 saturated heterocycles. The van der Waals surface area contributed by atoms with Gasteiger partial charge in [0.05, 0.1) is 15.5 Å². The van der Waals surface area contributed by atoms with Crippen molar-refractivity contribution in [2.45, 2.75) is 45.9 Å². The number of halogens is 8. The first-order valence-electron chi connectivity index (χ1n) is 13.5. The molecule has 0 aliphatic heterocycles. The Morgan fingerprint density at radius 1 is 0.688 bits per heavy atom. The fourth-order valence-corrected chi connectivity index (χ4v) is 7.54. The first-order valence-corrected chi connectivity index (χ1v) is 18.3. The molecule has 2 aromatic heterocycles. The molecule has 2 aromatic carbocycles. The standard InChI is InChI=1S/C15H12F3NO3S.C13H10F3NO3S.C2H4BrCl/c16-15(17,18)22-12-1-3-13(4-2-12)23(20,21)14(7-8-14)11-5-9-19-10-6-11;14-13(15,16)20-11-1-3-12(4-2-11)21(18,19)9-10-5-7-17-8-6-10;3-1-2-4/h1-6,9-10H,7-8H2;1-8H,9H2;1-2H2. The summed E-state index contributed by atoms with van der Waals surface area (Å²) in [6.45, 7) is 0. The van der Waals surface area contributed by atoms with Gasteiger partial charge in [0.2, 0.25) is 0 Å². The van der Waals surface area contributed by atoms with Gasteiger partial charge in [-0.25, -0.2) is 16.8 Å². The minimum atomic E-state index is -4.81. The summed E-state index contributed by atoms with van der Waals surface area (Å²) in [5.74, 6) is -0.467. The Hall–Kier alpha value is -3.41. The molecule has 0 spiro atoms. The van der Waals surface area contributed by atoms with Crippen LogP contribution >= 0.6 is 27.5 Å². The highest BCUT2D eigenvalue weighted by Gasteiger charge is 2.56. The molecule has 1 aliphatic carbocycles. The average Bonchev–Trinajstić information content (AvgIpc) is 3.84. The van der Waals surface area contributed by atoms with Crippen molar-refractivity contribution in [2.24, 2.45) is 0 Å². The molecule has 0 N–H and O–H groups in total. The third-order valence-corrected chi connectivity index (χ3v) is 11.7. The zero-order valence-corrected chi connectivity index (χ0v) is 28.4. The van der Waals surface area contributed by atoms with Crippen molar-refractivity contribution < 1.29 is 52.7 Å². The van der Waals surface area contributed by atoms with Crippen LogP contribution < -0.4 is 9.47 Å². The summed E-state index contributed by atoms with van der Waals surface area (Å²) in [5.41, 5.74) is 1.18. The van der Waals surface area contributed by atoms with Crippen LogP contribution in [0.4, 0.5) is 26.3 Å². The van der Waals surface area contributed by atoms with Gasteiger partial charge in [0.1, 0.15) is 16.2 Å². The fraction of sp³-hybridized carbons (Fsp3) is 0.267. The highest BCUT2D eigenvalue weighted by atomic mass is 79.9. The second-order valence-electron chi connectivity index (χ2n) is 9.76. The lowest BCUT2D eigenvalue weighted by Crippen LogP contribution is -2.21. The number of sulfone groups is 2. The Kier molecular flexibility index (Phi) is 13.3. The maximum Gasteiger partial charge on any atom is 0.573 e. The Morgan fingerprint density at radius 3 is 1.46 bits per heavy atom. The largest absolute Gasteiger partial charge is 0.573 e. The molecule has 1 aliphatic rings. The van der Waals surface area contributed by atoms with Gasteiger partial charge in [-0.2, -0.15) is 0 Å². The van der Waals surface area contributed by atoms with Gasteiger partial charge in [-0.15, -0.1) is 37.9 Å². The van der Waals surface area contributed by atoms with E-state index in [0.717, 1.165) is 53.9 Å². The average molecular weight is 804 g/mol. The van der Waals surface area contributed by atoms with Crippen LogP contribution in [0.5, 0.6) is 11.5 Å². The number of hydrogen-bond donors (Lipinski definition) is 0. The molecule has 0 bridgehead atoms. The van der Waals surface area contributed by atoms with Gasteiger partial charge in [-0.1, -0.05) is 15.9 Å². The van der Waals surface area contributed by atoms with Crippen molar-refractivity contribution in [1.82, 2.24) is 9.97 Å². The van der Waals surface area contributed by atoms with Crippen LogP contribution in [-0.4, -0.2) is 50.7 Å². The summed E-state index contributed by atoms with van der Waals surface area (Å²) in [7, 11) is -7.34. The number of hydrogen-bond acceptors (Lipinski definition) is 8. The Morgan fingerprint density at radius 2 is 1.08 bits per heavy atom. The van der Waals surface area contributed by atoms with Crippen LogP contribution in [0.1, 0.15) is 24.0 Å². The molecule has 1 saturated carbocycles. The minimum Gasteiger partial charge on any atom is -0.406 e. The lowest BCUT2D eigenvalue weighted by atomic mass is 10.2. The topological polar surface area (TPSA) is 113 Å². The molecule has 0 atom stereocenters. The molecule has 260 valence electrons. The maximum absolute atomic E-state index is 12.8. The van der Waals surface area contributed by atoms with Gasteiger partial charge in [-0.3, -0.25) is 9.97 Å². The first-order chi connectivity index (χ1) is 22.4. The number of nitrogens with zero attached hydrogens (tertiary/aromatic N) is 2. The summed E-state index contributed by atoms with van der Waals surface area (Å²) in [6.07, 6.45) is -2.71. The molecule has 0 amide bonds. The third kappa shape index (κ3) is 11.3. The monoisotopic (exact) mass is 802 g/mol. The molecule has 1 fully saturated rings. The van der Waals surface area contributed by atoms with E-state index in [4.69, 9.17) is 11.6 Å². The van der Waals surface area contributed by atoms with Gasteiger partial charge < -0.3 is 9.47 Å². The quantitative estimate of drug-likeness (QED) is 0.124. The van der Waals surface area contributed by atoms with E-state index in [1.807, 2.05) is 0 Å². The number of pyridine rings is 2. The first kappa shape index (κ1) is 39.0. The van der Waals surface area contributed by atoms with E-state index in [-0.39, 0.29) is 15.5 Å². The number of benzene rings is 2. The Labute approximate surface area is 286 Å². The van der Waals surface area contributed by atoms with Crippen LogP contribution in [0.3, 0.4) is 0 Å². The zero-order valence-electron chi connectivity index (χ0n) is 24.5. The lowest BCUT2D eigenvalue weighted by Gasteiger charge is -2.17. The van der Waals surface area contributed by atoms with Gasteiger partial charge >= 0.3 is 12.7 Å². The van der Waals surface area contributed by atoms with Crippen molar-refractivity contribution >= 4 is 47.2 Å². The summed E-state index contributed by atoms with van der Waals surface area (Å²) >= 11 is 8.26. The van der Waals surface area contributed by atoms with Crippen molar-refractivity contribution in [3.8, 4) is 11.5 Å². The zero-order chi connectivity index (χ0) is 35.6. The SMILES string of the molecule is ClCCBr.O=S(=O)(Cc1ccncc1)c1ccc(OC(F)(F)F)cc1.O=S(=O)(c1ccc(OC(F)(F)F)cc1)C1(c2ccncc2)CC1. The summed E-state index contributed by atoms with van der Waals surface area (Å²) in [5, 5.41) is 0.897. The highest BCUT2D eigenvalue weighted by Crippen LogP contribution is 2.55. The third-order valence-electron chi connectivity index (χ3n) is 6.39. The van der Waals surface area contributed by atoms with E-state index in [2.05, 4.69) is 35.4 Å². The van der Waals surface area contributed by atoms with Gasteiger partial charge in [0.15, 0.2) is 19.7 Å². The van der Waals surface area contributed by atoms with Crippen molar-refractivity contribution in [1.29, 1.82) is 0 Å². The molecule has 8 nitrogen and oxygen atoms in total. The van der Waals surface area contributed by atoms with Gasteiger partial charge in [0, 0.05) is 36.0 Å². The smallest absolute Gasteiger partial charge is 0.406 e. The predicted molar refractivity (Wildman–Crippen MR) is 168 cm³/mol. The highest BCUT2D eigenvalue weighted by molar-refractivity contribution is 9.09. The molecule has 48 heavy (non-hydrogen) atoms. The van der Waals surface area contributed by atoms with Crippen molar-refractivity contribution in [2.75, 3.05) is 11.2 Å². The number of alkyl halides is 8. The van der Waals surface area contributed by atoms with E-state index >= 15 is 0 Å². The molecule has 0 radical (unpaired) electrons. The Balaban J connectivity index is 0.000000235. The van der Waals surface area contributed by atoms with E-state index in [9.17, 15) is 43.2 Å². The normalized spacial score (nSPS) is 14.0. The molecule has 18 heteroatoms. The summed E-state index contributed by atoms with van der Waals surface area (Å²) in [6, 6.07) is 14.8. The van der Waals surface area contributed by atoms with Crippen molar-refractivity contribution in [3.63, 3.8) is 0 Å². The summed E-state index contributed by atoms with van der Waals surface area (Å²) < 4.78 is 129. The lowest BCUT2D eigenvalue weighted by molar-refractivity contribution is -0.275. The number of aromatic nitrogens is 2. The molecule has 2 heterocycles. The molecule has 4 aromatic rings. The molecular formula is C30H26BrClF6N2O6S2. The van der Waals surface area contributed by atoms with Gasteiger partial charge in [-0.05, 0) is 96.8 Å². The van der Waals surface area contributed by atoms with Crippen LogP contribution in [0.25, 0.3) is 0 Å². The van der Waals surface area contributed by atoms with Crippen LogP contribution in [0, 0.1) is 0 Å². The Bertz CT molecular complexity index is 1810. The predicted octanol–water partition coefficient (Wildman–Crippen LogP) is 8.02. The van der Waals surface area contributed by atoms with E-state index in [1.165, 1.54) is 24.8 Å². The summed E-state index contributed by atoms with van der Waals surface area (Å²) in [4.78, 5) is 7.54. The van der Waals surface area contributed by atoms with Crippen LogP contribution in [0.15, 0.2) is 107 Å². The fourth-order valence-electron chi connectivity index (χ4n) is 4.16. The number of ether oxygens (including phenoxy) is 2. The molecular weight excluding hydrogens is 778 g/mol. The van der Waals surface area contributed by atoms with Crippen LogP contribution in [-0.2, 0) is 30.2 Å². The van der Waals surface area contributed by atoms with Crippen LogP contribution in [0.2, 0.25) is 0 Å². The second-order valence-corrected chi connectivity index (χ2v) is 15.2. The van der Waals surface area contributed by atoms with Gasteiger partial charge in [0.25, 0.3) is 0 Å². The second kappa shape index (κ2) is 16.3. The minimum absolute atomic E-state index is 0.0265. The molecule has 0 unspecified atom stereocenters. The van der Waals surface area contributed by atoms with E-state index in [0.29, 0.717) is 29.8 Å². The van der Waals surface area contributed by atoms with E-state index in [1.54, 1.807) is 24.3 Å². The maximum atomic E-state index is 12.8. The molecule has 5 rings (SSSR count). The van der Waals surface area contributed by atoms with E-state index < -0.39 is 48.6 Å².